The van der Waals surface area contributed by atoms with Crippen molar-refractivity contribution in [2.24, 2.45) is 0 Å². The largest absolute Gasteiger partial charge is 0.785 e. The molecule has 0 N–H and O–H groups in total. The molecule has 0 aliphatic rings. The van der Waals surface area contributed by atoms with E-state index in [4.69, 9.17) is 0 Å². The van der Waals surface area contributed by atoms with Crippen molar-refractivity contribution in [3.05, 3.63) is 5.21 Å². The van der Waals surface area contributed by atoms with Crippen LogP contribution in [0, 0.1) is 5.21 Å². The Morgan fingerprint density at radius 2 is 1.00 bits per heavy atom. The molecule has 0 amide bonds. The molecule has 122 valence electrons. The van der Waals surface area contributed by atoms with Crippen molar-refractivity contribution in [2.75, 3.05) is 7.05 Å². The van der Waals surface area contributed by atoms with Gasteiger partial charge in [-0.1, -0.05) is 90.9 Å². The van der Waals surface area contributed by atoms with Crippen molar-refractivity contribution in [2.45, 2.75) is 110 Å². The number of hydroxylamine groups is 2. The monoisotopic (exact) mass is 284 g/mol. The van der Waals surface area contributed by atoms with Gasteiger partial charge in [-0.05, 0) is 25.9 Å². The van der Waals surface area contributed by atoms with Gasteiger partial charge in [-0.3, -0.25) is 0 Å². The summed E-state index contributed by atoms with van der Waals surface area (Å²) >= 11 is 0. The summed E-state index contributed by atoms with van der Waals surface area (Å²) in [6.45, 7) is 4.49. The van der Waals surface area contributed by atoms with E-state index in [1.165, 1.54) is 82.1 Å². The molecule has 1 atom stereocenters. The molecule has 0 saturated heterocycles. The van der Waals surface area contributed by atoms with Crippen molar-refractivity contribution in [3.63, 3.8) is 0 Å². The zero-order valence-corrected chi connectivity index (χ0v) is 14.3. The van der Waals surface area contributed by atoms with Gasteiger partial charge in [-0.25, -0.2) is 0 Å². The first-order valence-electron chi connectivity index (χ1n) is 9.12. The molecule has 2 nitrogen and oxygen atoms in total. The summed E-state index contributed by atoms with van der Waals surface area (Å²) in [6.07, 6.45) is 18.2. The first-order chi connectivity index (χ1) is 9.72. The summed E-state index contributed by atoms with van der Waals surface area (Å²) in [6, 6.07) is 0.270. The molecule has 0 spiro atoms. The second kappa shape index (κ2) is 15.3. The van der Waals surface area contributed by atoms with Gasteiger partial charge < -0.3 is 10.3 Å². The van der Waals surface area contributed by atoms with Crippen LogP contribution in [0.1, 0.15) is 104 Å². The first kappa shape index (κ1) is 19.9. The normalized spacial score (nSPS) is 13.1. The Bertz CT molecular complexity index is 182. The van der Waals surface area contributed by atoms with E-state index < -0.39 is 0 Å². The molecule has 0 aliphatic carbocycles. The lowest BCUT2D eigenvalue weighted by atomic mass is 10.0. The van der Waals surface area contributed by atoms with Crippen LogP contribution in [0.3, 0.4) is 0 Å². The number of unbranched alkanes of at least 4 members (excludes halogenated alkanes) is 10. The Kier molecular flexibility index (Phi) is 15.3. The highest BCUT2D eigenvalue weighted by Crippen LogP contribution is 2.16. The zero-order chi connectivity index (χ0) is 15.1. The highest BCUT2D eigenvalue weighted by molar-refractivity contribution is 4.69. The van der Waals surface area contributed by atoms with Crippen LogP contribution in [-0.4, -0.2) is 18.2 Å². The fraction of sp³-hybridized carbons (Fsp3) is 1.00. The van der Waals surface area contributed by atoms with Crippen molar-refractivity contribution in [1.29, 1.82) is 0 Å². The van der Waals surface area contributed by atoms with E-state index in [1.807, 2.05) is 0 Å². The van der Waals surface area contributed by atoms with Crippen molar-refractivity contribution in [1.82, 2.24) is 5.06 Å². The van der Waals surface area contributed by atoms with Crippen molar-refractivity contribution in [3.8, 4) is 0 Å². The Balaban J connectivity index is 3.40. The SMILES string of the molecule is CCCCCCCCCCCC(CCCCC)N(C)[O-]. The van der Waals surface area contributed by atoms with E-state index in [0.717, 1.165) is 12.8 Å². The Hall–Kier alpha value is -0.0800. The standard InChI is InChI=1S/C18H38NO/c1-4-6-8-9-10-11-12-13-15-17-18(19(3)20)16-14-7-5-2/h18H,4-17H2,1-3H3/q-1. The highest BCUT2D eigenvalue weighted by Gasteiger charge is 2.07. The second-order valence-corrected chi connectivity index (χ2v) is 6.31. The summed E-state index contributed by atoms with van der Waals surface area (Å²) in [7, 11) is 1.70. The van der Waals surface area contributed by atoms with Crippen LogP contribution < -0.4 is 0 Å². The van der Waals surface area contributed by atoms with Crippen molar-refractivity contribution < 1.29 is 0 Å². The Morgan fingerprint density at radius 3 is 1.45 bits per heavy atom. The molecule has 20 heavy (non-hydrogen) atoms. The topological polar surface area (TPSA) is 26.3 Å². The highest BCUT2D eigenvalue weighted by atomic mass is 16.5. The number of nitrogens with zero attached hydrogens (tertiary/aromatic N) is 1. The lowest BCUT2D eigenvalue weighted by Crippen LogP contribution is -2.26. The summed E-state index contributed by atoms with van der Waals surface area (Å²) in [5.41, 5.74) is 0. The van der Waals surface area contributed by atoms with Gasteiger partial charge in [0.1, 0.15) is 0 Å². The molecule has 0 rings (SSSR count). The van der Waals surface area contributed by atoms with Crippen LogP contribution in [0.15, 0.2) is 0 Å². The van der Waals surface area contributed by atoms with E-state index in [0.29, 0.717) is 0 Å². The van der Waals surface area contributed by atoms with Crippen LogP contribution in [-0.2, 0) is 0 Å². The van der Waals surface area contributed by atoms with Gasteiger partial charge in [0, 0.05) is 0 Å². The minimum absolute atomic E-state index is 0.270. The van der Waals surface area contributed by atoms with Gasteiger partial charge in [0.25, 0.3) is 0 Å². The maximum absolute atomic E-state index is 11.5. The molecule has 0 fully saturated rings. The summed E-state index contributed by atoms with van der Waals surface area (Å²) in [4.78, 5) is 0. The van der Waals surface area contributed by atoms with Gasteiger partial charge in [-0.15, -0.1) is 0 Å². The smallest absolute Gasteiger partial charge is 0.00282 e. The maximum Gasteiger partial charge on any atom is -0.00282 e. The molecule has 0 aromatic carbocycles. The van der Waals surface area contributed by atoms with E-state index in [-0.39, 0.29) is 6.04 Å². The van der Waals surface area contributed by atoms with E-state index in [2.05, 4.69) is 13.8 Å². The average Bonchev–Trinajstić information content (AvgIpc) is 2.43. The van der Waals surface area contributed by atoms with Gasteiger partial charge in [-0.2, -0.15) is 0 Å². The second-order valence-electron chi connectivity index (χ2n) is 6.31. The predicted octanol–water partition coefficient (Wildman–Crippen LogP) is 6.29. The van der Waals surface area contributed by atoms with Gasteiger partial charge >= 0.3 is 0 Å². The molecule has 0 aromatic rings. The Morgan fingerprint density at radius 1 is 0.650 bits per heavy atom. The molecule has 0 saturated carbocycles. The fourth-order valence-electron chi connectivity index (χ4n) is 2.83. The van der Waals surface area contributed by atoms with Crippen LogP contribution >= 0.6 is 0 Å². The van der Waals surface area contributed by atoms with Crippen LogP contribution in [0.25, 0.3) is 0 Å². The van der Waals surface area contributed by atoms with Crippen LogP contribution in [0.5, 0.6) is 0 Å². The number of hydrogen-bond donors (Lipinski definition) is 0. The quantitative estimate of drug-likeness (QED) is 0.261. The third kappa shape index (κ3) is 12.9. The summed E-state index contributed by atoms with van der Waals surface area (Å²) in [5.74, 6) is 0. The molecule has 0 heterocycles. The molecule has 0 bridgehead atoms. The Labute approximate surface area is 127 Å². The van der Waals surface area contributed by atoms with E-state index >= 15 is 0 Å². The summed E-state index contributed by atoms with van der Waals surface area (Å²) < 4.78 is 0. The predicted molar refractivity (Wildman–Crippen MR) is 90.9 cm³/mol. The fourth-order valence-corrected chi connectivity index (χ4v) is 2.83. The van der Waals surface area contributed by atoms with Crippen molar-refractivity contribution >= 4 is 0 Å². The maximum atomic E-state index is 11.5. The first-order valence-corrected chi connectivity index (χ1v) is 9.12. The molecular formula is C18H38NO-. The van der Waals surface area contributed by atoms with Crippen LogP contribution in [0.4, 0.5) is 0 Å². The van der Waals surface area contributed by atoms with E-state index in [1.54, 1.807) is 7.05 Å². The molecule has 0 radical (unpaired) electrons. The number of hydrogen-bond acceptors (Lipinski definition) is 2. The number of rotatable bonds is 15. The lowest BCUT2D eigenvalue weighted by molar-refractivity contribution is 0.281. The van der Waals surface area contributed by atoms with Gasteiger partial charge in [0.2, 0.25) is 0 Å². The molecule has 0 aromatic heterocycles. The molecule has 2 heteroatoms. The third-order valence-corrected chi connectivity index (χ3v) is 4.30. The molecule has 1 unspecified atom stereocenters. The molecule has 0 aliphatic heterocycles. The van der Waals surface area contributed by atoms with Gasteiger partial charge in [0.05, 0.1) is 0 Å². The lowest BCUT2D eigenvalue weighted by Gasteiger charge is -2.33. The van der Waals surface area contributed by atoms with Crippen LogP contribution in [0.2, 0.25) is 0 Å². The minimum atomic E-state index is 0.270. The zero-order valence-electron chi connectivity index (χ0n) is 14.3. The summed E-state index contributed by atoms with van der Waals surface area (Å²) in [5, 5.41) is 12.7. The third-order valence-electron chi connectivity index (χ3n) is 4.30. The van der Waals surface area contributed by atoms with Gasteiger partial charge in [0.15, 0.2) is 0 Å². The minimum Gasteiger partial charge on any atom is -0.785 e. The molecular weight excluding hydrogens is 246 g/mol. The average molecular weight is 285 g/mol. The van der Waals surface area contributed by atoms with E-state index in [9.17, 15) is 5.21 Å².